The number of fused-ring (bicyclic) bond motifs is 1. The van der Waals surface area contributed by atoms with Gasteiger partial charge in [-0.05, 0) is 24.3 Å². The van der Waals surface area contributed by atoms with E-state index >= 15 is 0 Å². The highest BCUT2D eigenvalue weighted by Crippen LogP contribution is 2.33. The summed E-state index contributed by atoms with van der Waals surface area (Å²) in [6.07, 6.45) is -0.0406. The molecule has 0 saturated carbocycles. The number of hydrogen-bond acceptors (Lipinski definition) is 4. The maximum atomic E-state index is 11.1. The predicted octanol–water partition coefficient (Wildman–Crippen LogP) is 3.48. The number of nitrogens with zero attached hydrogens (tertiary/aromatic N) is 2. The first kappa shape index (κ1) is 16.6. The lowest BCUT2D eigenvalue weighted by Gasteiger charge is -2.13. The van der Waals surface area contributed by atoms with E-state index in [1.54, 1.807) is 24.3 Å². The van der Waals surface area contributed by atoms with E-state index in [-0.39, 0.29) is 6.42 Å². The van der Waals surface area contributed by atoms with Crippen LogP contribution in [0.5, 0.6) is 0 Å². The van der Waals surface area contributed by atoms with Crippen LogP contribution in [0.2, 0.25) is 10.0 Å². The van der Waals surface area contributed by atoms with Gasteiger partial charge < -0.3 is 11.5 Å². The molecule has 3 rings (SSSR count). The molecule has 0 aliphatic heterocycles. The minimum atomic E-state index is -0.691. The Morgan fingerprint density at radius 3 is 2.58 bits per heavy atom. The SMILES string of the molecule is NC(=O)CC(N)c1nc(-c2ccccc2Cl)c2cc(Cl)ccc2n1. The second-order valence-electron chi connectivity index (χ2n) is 5.35. The third-order valence-electron chi connectivity index (χ3n) is 3.56. The van der Waals surface area contributed by atoms with Crippen LogP contribution in [0, 0.1) is 0 Å². The third-order valence-corrected chi connectivity index (χ3v) is 4.12. The highest BCUT2D eigenvalue weighted by Gasteiger charge is 2.18. The lowest BCUT2D eigenvalue weighted by molar-refractivity contribution is -0.118. The van der Waals surface area contributed by atoms with E-state index in [4.69, 9.17) is 34.7 Å². The summed E-state index contributed by atoms with van der Waals surface area (Å²) < 4.78 is 0. The standard InChI is InChI=1S/C17H14Cl2N4O/c18-9-5-6-14-11(7-9)16(10-3-1-2-4-12(10)19)23-17(22-14)13(20)8-15(21)24/h1-7,13H,8,20H2,(H2,21,24). The molecule has 0 fully saturated rings. The van der Waals surface area contributed by atoms with Gasteiger partial charge in [-0.1, -0.05) is 41.4 Å². The van der Waals surface area contributed by atoms with E-state index in [1.165, 1.54) is 0 Å². The van der Waals surface area contributed by atoms with Gasteiger partial charge in [0.2, 0.25) is 5.91 Å². The van der Waals surface area contributed by atoms with Crippen LogP contribution in [0.25, 0.3) is 22.2 Å². The zero-order valence-electron chi connectivity index (χ0n) is 12.5. The van der Waals surface area contributed by atoms with Gasteiger partial charge in [-0.2, -0.15) is 0 Å². The molecule has 7 heteroatoms. The summed E-state index contributed by atoms with van der Waals surface area (Å²) in [6.45, 7) is 0. The highest BCUT2D eigenvalue weighted by molar-refractivity contribution is 6.34. The molecule has 3 aromatic rings. The topological polar surface area (TPSA) is 94.9 Å². The molecular formula is C17H14Cl2N4O. The number of carbonyl (C=O) groups is 1. The molecule has 0 aliphatic carbocycles. The lowest BCUT2D eigenvalue weighted by atomic mass is 10.1. The molecule has 1 aromatic heterocycles. The van der Waals surface area contributed by atoms with Gasteiger partial charge in [0, 0.05) is 27.4 Å². The van der Waals surface area contributed by atoms with Crippen LogP contribution in [-0.2, 0) is 4.79 Å². The Hall–Kier alpha value is -2.21. The summed E-state index contributed by atoms with van der Waals surface area (Å²) in [5, 5.41) is 1.87. The Bertz CT molecular complexity index is 930. The molecule has 1 heterocycles. The Morgan fingerprint density at radius 1 is 1.12 bits per heavy atom. The molecule has 122 valence electrons. The quantitative estimate of drug-likeness (QED) is 0.744. The fourth-order valence-electron chi connectivity index (χ4n) is 2.45. The maximum absolute atomic E-state index is 11.1. The van der Waals surface area contributed by atoms with Crippen LogP contribution >= 0.6 is 23.2 Å². The average molecular weight is 361 g/mol. The summed E-state index contributed by atoms with van der Waals surface area (Å²) >= 11 is 12.4. The number of benzene rings is 2. The van der Waals surface area contributed by atoms with Gasteiger partial charge in [0.05, 0.1) is 17.3 Å². The van der Waals surface area contributed by atoms with Gasteiger partial charge in [0.25, 0.3) is 0 Å². The summed E-state index contributed by atoms with van der Waals surface area (Å²) in [5.74, 6) is -0.180. The second-order valence-corrected chi connectivity index (χ2v) is 6.19. The van der Waals surface area contributed by atoms with Crippen LogP contribution in [-0.4, -0.2) is 15.9 Å². The number of aromatic nitrogens is 2. The third kappa shape index (κ3) is 3.33. The van der Waals surface area contributed by atoms with Crippen molar-refractivity contribution in [2.45, 2.75) is 12.5 Å². The fourth-order valence-corrected chi connectivity index (χ4v) is 2.85. The van der Waals surface area contributed by atoms with Gasteiger partial charge in [-0.15, -0.1) is 0 Å². The monoisotopic (exact) mass is 360 g/mol. The van der Waals surface area contributed by atoms with Gasteiger partial charge in [-0.25, -0.2) is 9.97 Å². The van der Waals surface area contributed by atoms with Crippen molar-refractivity contribution in [1.29, 1.82) is 0 Å². The predicted molar refractivity (Wildman–Crippen MR) is 95.7 cm³/mol. The number of halogens is 2. The molecule has 1 amide bonds. The summed E-state index contributed by atoms with van der Waals surface area (Å²) in [7, 11) is 0. The van der Waals surface area contributed by atoms with Gasteiger partial charge >= 0.3 is 0 Å². The molecule has 0 saturated heterocycles. The second kappa shape index (κ2) is 6.73. The molecule has 0 bridgehead atoms. The van der Waals surface area contributed by atoms with E-state index in [2.05, 4.69) is 9.97 Å². The Morgan fingerprint density at radius 2 is 1.88 bits per heavy atom. The number of amides is 1. The van der Waals surface area contributed by atoms with Crippen molar-refractivity contribution in [3.8, 4) is 11.3 Å². The maximum Gasteiger partial charge on any atom is 0.219 e. The fraction of sp³-hybridized carbons (Fsp3) is 0.118. The minimum Gasteiger partial charge on any atom is -0.370 e. The van der Waals surface area contributed by atoms with E-state index < -0.39 is 11.9 Å². The van der Waals surface area contributed by atoms with Crippen LogP contribution in [0.1, 0.15) is 18.3 Å². The van der Waals surface area contributed by atoms with Crippen LogP contribution < -0.4 is 11.5 Å². The first-order valence-electron chi connectivity index (χ1n) is 7.21. The van der Waals surface area contributed by atoms with Crippen molar-refractivity contribution in [1.82, 2.24) is 9.97 Å². The van der Waals surface area contributed by atoms with Crippen molar-refractivity contribution >= 4 is 40.0 Å². The molecule has 24 heavy (non-hydrogen) atoms. The number of hydrogen-bond donors (Lipinski definition) is 2. The summed E-state index contributed by atoms with van der Waals surface area (Å²) in [4.78, 5) is 20.1. The van der Waals surface area contributed by atoms with Crippen molar-refractivity contribution in [2.24, 2.45) is 11.5 Å². The van der Waals surface area contributed by atoms with Gasteiger partial charge in [-0.3, -0.25) is 4.79 Å². The Balaban J connectivity index is 2.26. The van der Waals surface area contributed by atoms with Crippen molar-refractivity contribution in [3.05, 3.63) is 58.3 Å². The van der Waals surface area contributed by atoms with Crippen molar-refractivity contribution in [2.75, 3.05) is 0 Å². The van der Waals surface area contributed by atoms with Crippen LogP contribution in [0.15, 0.2) is 42.5 Å². The molecule has 1 unspecified atom stereocenters. The summed E-state index contributed by atoms with van der Waals surface area (Å²) in [6, 6.07) is 11.9. The molecular weight excluding hydrogens is 347 g/mol. The van der Waals surface area contributed by atoms with Gasteiger partial charge in [0.1, 0.15) is 5.82 Å². The van der Waals surface area contributed by atoms with Crippen molar-refractivity contribution in [3.63, 3.8) is 0 Å². The zero-order valence-corrected chi connectivity index (χ0v) is 14.1. The average Bonchev–Trinajstić information content (AvgIpc) is 2.54. The van der Waals surface area contributed by atoms with Crippen molar-refractivity contribution < 1.29 is 4.79 Å². The number of nitrogens with two attached hydrogens (primary N) is 2. The Kier molecular flexibility index (Phi) is 4.66. The molecule has 4 N–H and O–H groups in total. The smallest absolute Gasteiger partial charge is 0.219 e. The van der Waals surface area contributed by atoms with Crippen LogP contribution in [0.4, 0.5) is 0 Å². The highest BCUT2D eigenvalue weighted by atomic mass is 35.5. The summed E-state index contributed by atoms with van der Waals surface area (Å²) in [5.41, 5.74) is 13.3. The van der Waals surface area contributed by atoms with Gasteiger partial charge in [0.15, 0.2) is 0 Å². The zero-order chi connectivity index (χ0) is 17.3. The minimum absolute atomic E-state index is 0.0406. The molecule has 5 nitrogen and oxygen atoms in total. The molecule has 1 atom stereocenters. The molecule has 0 aliphatic rings. The Labute approximate surface area is 148 Å². The number of carbonyl (C=O) groups excluding carboxylic acids is 1. The number of rotatable bonds is 4. The molecule has 2 aromatic carbocycles. The van der Waals surface area contributed by atoms with Crippen LogP contribution in [0.3, 0.4) is 0 Å². The first-order chi connectivity index (χ1) is 11.5. The largest absolute Gasteiger partial charge is 0.370 e. The first-order valence-corrected chi connectivity index (χ1v) is 7.97. The number of primary amides is 1. The van der Waals surface area contributed by atoms with E-state index in [0.29, 0.717) is 27.1 Å². The molecule has 0 radical (unpaired) electrons. The lowest BCUT2D eigenvalue weighted by Crippen LogP contribution is -2.22. The van der Waals surface area contributed by atoms with E-state index in [1.807, 2.05) is 18.2 Å². The van der Waals surface area contributed by atoms with E-state index in [9.17, 15) is 4.79 Å². The van der Waals surface area contributed by atoms with E-state index in [0.717, 1.165) is 10.9 Å². The molecule has 0 spiro atoms. The normalized spacial score (nSPS) is 12.3.